The average molecular weight is 204 g/mol. The summed E-state index contributed by atoms with van der Waals surface area (Å²) in [7, 11) is 0. The summed E-state index contributed by atoms with van der Waals surface area (Å²) in [5.41, 5.74) is 0. The van der Waals surface area contributed by atoms with E-state index in [4.69, 9.17) is 11.6 Å². The van der Waals surface area contributed by atoms with Gasteiger partial charge in [0, 0.05) is 11.9 Å². The molecule has 1 nitrogen and oxygen atoms in total. The smallest absolute Gasteiger partial charge is 0.306 e. The lowest BCUT2D eigenvalue weighted by atomic mass is 10.2. The SMILES string of the molecule is CCC(CCCl)NCC(F)(F)F. The predicted octanol–water partition coefficient (Wildman–Crippen LogP) is 2.55. The first-order chi connectivity index (χ1) is 5.49. The van der Waals surface area contributed by atoms with E-state index in [9.17, 15) is 13.2 Å². The zero-order valence-corrected chi connectivity index (χ0v) is 7.67. The molecular formula is C7H13ClF3N. The first-order valence-corrected chi connectivity index (χ1v) is 4.39. The van der Waals surface area contributed by atoms with E-state index < -0.39 is 12.7 Å². The zero-order chi connectivity index (χ0) is 9.61. The summed E-state index contributed by atoms with van der Waals surface area (Å²) in [6.07, 6.45) is -2.88. The maximum Gasteiger partial charge on any atom is 0.401 e. The van der Waals surface area contributed by atoms with Gasteiger partial charge in [0.05, 0.1) is 6.54 Å². The third kappa shape index (κ3) is 6.73. The molecule has 1 N–H and O–H groups in total. The molecule has 0 spiro atoms. The van der Waals surface area contributed by atoms with Crippen molar-refractivity contribution in [1.29, 1.82) is 0 Å². The highest BCUT2D eigenvalue weighted by molar-refractivity contribution is 6.17. The van der Waals surface area contributed by atoms with E-state index in [1.807, 2.05) is 6.92 Å². The molecule has 0 aliphatic heterocycles. The van der Waals surface area contributed by atoms with Crippen molar-refractivity contribution in [2.75, 3.05) is 12.4 Å². The van der Waals surface area contributed by atoms with Gasteiger partial charge in [-0.25, -0.2) is 0 Å². The third-order valence-corrected chi connectivity index (χ3v) is 1.76. The Morgan fingerprint density at radius 3 is 2.33 bits per heavy atom. The van der Waals surface area contributed by atoms with Gasteiger partial charge in [0.15, 0.2) is 0 Å². The Morgan fingerprint density at radius 1 is 1.42 bits per heavy atom. The van der Waals surface area contributed by atoms with Gasteiger partial charge in [0.2, 0.25) is 0 Å². The van der Waals surface area contributed by atoms with Crippen molar-refractivity contribution in [2.45, 2.75) is 32.0 Å². The lowest BCUT2D eigenvalue weighted by Gasteiger charge is -2.16. The maximum absolute atomic E-state index is 11.7. The Labute approximate surface area is 75.3 Å². The molecule has 0 radical (unpaired) electrons. The van der Waals surface area contributed by atoms with Crippen LogP contribution in [0.5, 0.6) is 0 Å². The van der Waals surface area contributed by atoms with Crippen LogP contribution in [0.3, 0.4) is 0 Å². The number of hydrogen-bond acceptors (Lipinski definition) is 1. The van der Waals surface area contributed by atoms with Crippen molar-refractivity contribution in [3.05, 3.63) is 0 Å². The molecule has 0 saturated heterocycles. The number of hydrogen-bond donors (Lipinski definition) is 1. The van der Waals surface area contributed by atoms with Crippen LogP contribution < -0.4 is 5.32 Å². The Morgan fingerprint density at radius 2 is 2.00 bits per heavy atom. The normalized spacial score (nSPS) is 14.8. The second kappa shape index (κ2) is 5.65. The summed E-state index contributed by atoms with van der Waals surface area (Å²) in [6, 6.07) is -0.121. The van der Waals surface area contributed by atoms with Gasteiger partial charge >= 0.3 is 6.18 Å². The van der Waals surface area contributed by atoms with Crippen molar-refractivity contribution in [2.24, 2.45) is 0 Å². The van der Waals surface area contributed by atoms with Crippen LogP contribution in [0, 0.1) is 0 Å². The summed E-state index contributed by atoms with van der Waals surface area (Å²) < 4.78 is 35.1. The summed E-state index contributed by atoms with van der Waals surface area (Å²) in [4.78, 5) is 0. The van der Waals surface area contributed by atoms with Crippen molar-refractivity contribution in [1.82, 2.24) is 5.32 Å². The summed E-state index contributed by atoms with van der Waals surface area (Å²) >= 11 is 5.40. The van der Waals surface area contributed by atoms with Crippen LogP contribution in [-0.4, -0.2) is 24.6 Å². The molecule has 0 saturated carbocycles. The highest BCUT2D eigenvalue weighted by Crippen LogP contribution is 2.13. The highest BCUT2D eigenvalue weighted by Gasteiger charge is 2.27. The molecule has 0 heterocycles. The second-order valence-corrected chi connectivity index (χ2v) is 2.96. The fourth-order valence-electron chi connectivity index (χ4n) is 0.842. The second-order valence-electron chi connectivity index (χ2n) is 2.58. The van der Waals surface area contributed by atoms with Crippen LogP contribution in [0.2, 0.25) is 0 Å². The molecule has 0 aromatic heterocycles. The third-order valence-electron chi connectivity index (χ3n) is 1.54. The molecule has 0 aromatic rings. The van der Waals surface area contributed by atoms with Crippen molar-refractivity contribution in [3.63, 3.8) is 0 Å². The topological polar surface area (TPSA) is 12.0 Å². The number of nitrogens with one attached hydrogen (secondary N) is 1. The molecule has 0 aliphatic carbocycles. The highest BCUT2D eigenvalue weighted by atomic mass is 35.5. The first-order valence-electron chi connectivity index (χ1n) is 3.85. The molecule has 12 heavy (non-hydrogen) atoms. The van der Waals surface area contributed by atoms with Gasteiger partial charge in [-0.3, -0.25) is 0 Å². The molecule has 0 aliphatic rings. The zero-order valence-electron chi connectivity index (χ0n) is 6.92. The number of halogens is 4. The van der Waals surface area contributed by atoms with Gasteiger partial charge in [-0.05, 0) is 12.8 Å². The maximum atomic E-state index is 11.7. The minimum atomic E-state index is -4.13. The lowest BCUT2D eigenvalue weighted by molar-refractivity contribution is -0.126. The van der Waals surface area contributed by atoms with Crippen LogP contribution in [0.15, 0.2) is 0 Å². The Bertz CT molecular complexity index is 116. The van der Waals surface area contributed by atoms with E-state index in [0.29, 0.717) is 18.7 Å². The molecule has 1 unspecified atom stereocenters. The Balaban J connectivity index is 3.58. The van der Waals surface area contributed by atoms with Crippen molar-refractivity contribution >= 4 is 11.6 Å². The molecule has 0 bridgehead atoms. The molecule has 0 rings (SSSR count). The minimum Gasteiger partial charge on any atom is -0.306 e. The summed E-state index contributed by atoms with van der Waals surface area (Å²) in [5.74, 6) is 0.392. The van der Waals surface area contributed by atoms with E-state index in [-0.39, 0.29) is 6.04 Å². The average Bonchev–Trinajstić information content (AvgIpc) is 1.96. The monoisotopic (exact) mass is 203 g/mol. The van der Waals surface area contributed by atoms with Gasteiger partial charge in [0.1, 0.15) is 0 Å². The van der Waals surface area contributed by atoms with E-state index in [2.05, 4.69) is 5.32 Å². The Kier molecular flexibility index (Phi) is 5.66. The minimum absolute atomic E-state index is 0.121. The molecule has 0 amide bonds. The number of alkyl halides is 4. The van der Waals surface area contributed by atoms with Gasteiger partial charge in [-0.15, -0.1) is 11.6 Å². The summed E-state index contributed by atoms with van der Waals surface area (Å²) in [5, 5.41) is 2.40. The predicted molar refractivity (Wildman–Crippen MR) is 43.5 cm³/mol. The quantitative estimate of drug-likeness (QED) is 0.678. The van der Waals surface area contributed by atoms with Crippen LogP contribution in [0.4, 0.5) is 13.2 Å². The molecule has 0 fully saturated rings. The van der Waals surface area contributed by atoms with E-state index >= 15 is 0 Å². The van der Waals surface area contributed by atoms with Crippen LogP contribution >= 0.6 is 11.6 Å². The van der Waals surface area contributed by atoms with Gasteiger partial charge in [-0.2, -0.15) is 13.2 Å². The van der Waals surface area contributed by atoms with Gasteiger partial charge < -0.3 is 5.32 Å². The van der Waals surface area contributed by atoms with Crippen LogP contribution in [0.25, 0.3) is 0 Å². The lowest BCUT2D eigenvalue weighted by Crippen LogP contribution is -2.36. The van der Waals surface area contributed by atoms with Gasteiger partial charge in [0.25, 0.3) is 0 Å². The van der Waals surface area contributed by atoms with E-state index in [1.165, 1.54) is 0 Å². The van der Waals surface area contributed by atoms with Gasteiger partial charge in [-0.1, -0.05) is 6.92 Å². The standard InChI is InChI=1S/C7H13ClF3N/c1-2-6(3-4-8)12-5-7(9,10)11/h6,12H,2-5H2,1H3. The molecular weight excluding hydrogens is 191 g/mol. The van der Waals surface area contributed by atoms with Crippen molar-refractivity contribution < 1.29 is 13.2 Å². The van der Waals surface area contributed by atoms with Crippen molar-refractivity contribution in [3.8, 4) is 0 Å². The van der Waals surface area contributed by atoms with Crippen LogP contribution in [-0.2, 0) is 0 Å². The largest absolute Gasteiger partial charge is 0.401 e. The summed E-state index contributed by atoms with van der Waals surface area (Å²) in [6.45, 7) is 0.906. The Hall–Kier alpha value is 0.0400. The number of rotatable bonds is 5. The first kappa shape index (κ1) is 12.0. The fraction of sp³-hybridized carbons (Fsp3) is 1.00. The molecule has 1 atom stereocenters. The van der Waals surface area contributed by atoms with E-state index in [0.717, 1.165) is 0 Å². The fourth-order valence-corrected chi connectivity index (χ4v) is 1.11. The van der Waals surface area contributed by atoms with Crippen LogP contribution in [0.1, 0.15) is 19.8 Å². The molecule has 0 aromatic carbocycles. The van der Waals surface area contributed by atoms with E-state index in [1.54, 1.807) is 0 Å². The molecule has 74 valence electrons. The molecule has 5 heteroatoms.